The Hall–Kier alpha value is -0.140. The van der Waals surface area contributed by atoms with Crippen molar-refractivity contribution >= 4 is 20.2 Å². The van der Waals surface area contributed by atoms with Crippen LogP contribution in [0.3, 0.4) is 0 Å². The quantitative estimate of drug-likeness (QED) is 0.655. The van der Waals surface area contributed by atoms with Gasteiger partial charge in [0.25, 0.3) is 20.2 Å². The molecule has 0 rings (SSSR count). The van der Waals surface area contributed by atoms with Crippen molar-refractivity contribution < 1.29 is 20.5 Å². The molecule has 7 heteroatoms. The predicted octanol–water partition coefficient (Wildman–Crippen LogP) is 1.26. The lowest BCUT2D eigenvalue weighted by atomic mass is 10.4. The van der Waals surface area contributed by atoms with Gasteiger partial charge in [-0.1, -0.05) is 26.7 Å². The van der Waals surface area contributed by atoms with E-state index in [-0.39, 0.29) is 11.5 Å². The molecule has 0 saturated heterocycles. The van der Waals surface area contributed by atoms with Gasteiger partial charge >= 0.3 is 0 Å². The zero-order valence-corrected chi connectivity index (χ0v) is 10.7. The molecular formula is C8H18O5S2. The minimum atomic E-state index is -3.92. The van der Waals surface area contributed by atoms with E-state index in [4.69, 9.17) is 0 Å². The summed E-state index contributed by atoms with van der Waals surface area (Å²) < 4.78 is 48.8. The van der Waals surface area contributed by atoms with E-state index in [1.165, 1.54) is 0 Å². The van der Waals surface area contributed by atoms with Gasteiger partial charge in [-0.25, -0.2) is 0 Å². The Morgan fingerprint density at radius 1 is 0.800 bits per heavy atom. The molecule has 15 heavy (non-hydrogen) atoms. The summed E-state index contributed by atoms with van der Waals surface area (Å²) in [6.45, 7) is 3.64. The SMILES string of the molecule is CCCCS(=O)(=O)OS(=O)(=O)CCCC. The molecule has 0 fully saturated rings. The first kappa shape index (κ1) is 14.9. The third-order valence-corrected chi connectivity index (χ3v) is 4.94. The monoisotopic (exact) mass is 258 g/mol. The number of hydrogen-bond donors (Lipinski definition) is 0. The van der Waals surface area contributed by atoms with Crippen LogP contribution in [0.4, 0.5) is 0 Å². The lowest BCUT2D eigenvalue weighted by Gasteiger charge is -2.04. The van der Waals surface area contributed by atoms with Crippen molar-refractivity contribution in [1.29, 1.82) is 0 Å². The summed E-state index contributed by atoms with van der Waals surface area (Å²) >= 11 is 0. The Labute approximate surface area is 92.1 Å². The van der Waals surface area contributed by atoms with E-state index in [0.717, 1.165) is 0 Å². The molecule has 0 radical (unpaired) electrons. The summed E-state index contributed by atoms with van der Waals surface area (Å²) in [5.74, 6) is -0.482. The molecule has 0 heterocycles. The van der Waals surface area contributed by atoms with E-state index < -0.39 is 20.2 Å². The first-order valence-corrected chi connectivity index (χ1v) is 8.15. The molecule has 0 bridgehead atoms. The molecule has 0 N–H and O–H groups in total. The van der Waals surface area contributed by atoms with Crippen LogP contribution in [0.2, 0.25) is 0 Å². The van der Waals surface area contributed by atoms with E-state index in [2.05, 4.69) is 3.63 Å². The van der Waals surface area contributed by atoms with E-state index in [1.807, 2.05) is 13.8 Å². The molecule has 0 unspecified atom stereocenters. The van der Waals surface area contributed by atoms with Crippen molar-refractivity contribution in [2.75, 3.05) is 11.5 Å². The second kappa shape index (κ2) is 6.44. The van der Waals surface area contributed by atoms with Crippen molar-refractivity contribution in [1.82, 2.24) is 0 Å². The fourth-order valence-electron chi connectivity index (χ4n) is 0.868. The van der Waals surface area contributed by atoms with Crippen LogP contribution >= 0.6 is 0 Å². The second-order valence-corrected chi connectivity index (χ2v) is 6.89. The first-order chi connectivity index (χ1) is 6.83. The van der Waals surface area contributed by atoms with Gasteiger partial charge in [-0.2, -0.15) is 16.8 Å². The molecule has 92 valence electrons. The molecule has 0 aliphatic heterocycles. The summed E-state index contributed by atoms with van der Waals surface area (Å²) in [5, 5.41) is 0. The van der Waals surface area contributed by atoms with Crippen molar-refractivity contribution in [3.8, 4) is 0 Å². The van der Waals surface area contributed by atoms with Gasteiger partial charge in [0.15, 0.2) is 0 Å². The van der Waals surface area contributed by atoms with Crippen LogP contribution in [0.15, 0.2) is 0 Å². The lowest BCUT2D eigenvalue weighted by molar-refractivity contribution is 0.459. The maximum atomic E-state index is 11.2. The Morgan fingerprint density at radius 3 is 1.40 bits per heavy atom. The maximum absolute atomic E-state index is 11.2. The highest BCUT2D eigenvalue weighted by molar-refractivity contribution is 7.99. The Bertz CT molecular complexity index is 318. The minimum Gasteiger partial charge on any atom is -0.198 e. The van der Waals surface area contributed by atoms with Crippen molar-refractivity contribution in [2.24, 2.45) is 0 Å². The lowest BCUT2D eigenvalue weighted by Crippen LogP contribution is -2.18. The highest BCUT2D eigenvalue weighted by Gasteiger charge is 2.21. The average molecular weight is 258 g/mol. The summed E-state index contributed by atoms with van der Waals surface area (Å²) in [4.78, 5) is 0. The Kier molecular flexibility index (Phi) is 6.38. The molecule has 0 aliphatic rings. The largest absolute Gasteiger partial charge is 0.281 e. The molecule has 0 aromatic rings. The average Bonchev–Trinajstić information content (AvgIpc) is 2.10. The number of rotatable bonds is 8. The molecule has 0 aromatic carbocycles. The van der Waals surface area contributed by atoms with E-state index in [9.17, 15) is 16.8 Å². The number of hydrogen-bond acceptors (Lipinski definition) is 5. The molecule has 0 atom stereocenters. The third-order valence-electron chi connectivity index (χ3n) is 1.70. The second-order valence-electron chi connectivity index (χ2n) is 3.30. The molecular weight excluding hydrogens is 240 g/mol. The zero-order valence-electron chi connectivity index (χ0n) is 9.10. The topological polar surface area (TPSA) is 77.5 Å². The highest BCUT2D eigenvalue weighted by atomic mass is 32.3. The van der Waals surface area contributed by atoms with Crippen molar-refractivity contribution in [2.45, 2.75) is 39.5 Å². The van der Waals surface area contributed by atoms with Crippen LogP contribution in [0.25, 0.3) is 0 Å². The van der Waals surface area contributed by atoms with Crippen LogP contribution in [-0.4, -0.2) is 28.3 Å². The van der Waals surface area contributed by atoms with Gasteiger partial charge in [-0.15, -0.1) is 3.63 Å². The summed E-state index contributed by atoms with van der Waals surface area (Å²) in [7, 11) is -7.84. The molecule has 0 amide bonds. The normalized spacial score (nSPS) is 12.9. The third kappa shape index (κ3) is 7.75. The van der Waals surface area contributed by atoms with E-state index in [0.29, 0.717) is 25.7 Å². The Balaban J connectivity index is 4.32. The van der Waals surface area contributed by atoms with E-state index >= 15 is 0 Å². The standard InChI is InChI=1S/C8H18O5S2/c1-3-5-7-14(9,10)13-15(11,12)8-6-4-2/h3-8H2,1-2H3. The highest BCUT2D eigenvalue weighted by Crippen LogP contribution is 2.07. The zero-order chi connectivity index (χ0) is 11.9. The molecule has 0 aliphatic carbocycles. The maximum Gasteiger partial charge on any atom is 0.281 e. The first-order valence-electron chi connectivity index (χ1n) is 4.99. The van der Waals surface area contributed by atoms with Gasteiger partial charge in [0.1, 0.15) is 0 Å². The fraction of sp³-hybridized carbons (Fsp3) is 1.00. The van der Waals surface area contributed by atoms with E-state index in [1.54, 1.807) is 0 Å². The van der Waals surface area contributed by atoms with Crippen LogP contribution in [-0.2, 0) is 23.9 Å². The number of unbranched alkanes of at least 4 members (excludes halogenated alkanes) is 2. The van der Waals surface area contributed by atoms with Gasteiger partial charge < -0.3 is 0 Å². The van der Waals surface area contributed by atoms with Crippen LogP contribution < -0.4 is 0 Å². The van der Waals surface area contributed by atoms with Crippen LogP contribution in [0.5, 0.6) is 0 Å². The van der Waals surface area contributed by atoms with Crippen LogP contribution in [0.1, 0.15) is 39.5 Å². The molecule has 0 saturated carbocycles. The summed E-state index contributed by atoms with van der Waals surface area (Å²) in [6.07, 6.45) is 2.17. The van der Waals surface area contributed by atoms with Gasteiger partial charge in [-0.3, -0.25) is 0 Å². The molecule has 0 aromatic heterocycles. The van der Waals surface area contributed by atoms with Gasteiger partial charge in [0.2, 0.25) is 0 Å². The summed E-state index contributed by atoms with van der Waals surface area (Å²) in [5.41, 5.74) is 0. The minimum absolute atomic E-state index is 0.241. The van der Waals surface area contributed by atoms with Gasteiger partial charge in [-0.05, 0) is 12.8 Å². The predicted molar refractivity (Wildman–Crippen MR) is 58.5 cm³/mol. The van der Waals surface area contributed by atoms with Crippen molar-refractivity contribution in [3.63, 3.8) is 0 Å². The fourth-order valence-corrected chi connectivity index (χ4v) is 3.96. The molecule has 5 nitrogen and oxygen atoms in total. The summed E-state index contributed by atoms with van der Waals surface area (Å²) in [6, 6.07) is 0. The van der Waals surface area contributed by atoms with Crippen LogP contribution in [0, 0.1) is 0 Å². The van der Waals surface area contributed by atoms with Gasteiger partial charge in [0.05, 0.1) is 11.5 Å². The van der Waals surface area contributed by atoms with Gasteiger partial charge in [0, 0.05) is 0 Å². The smallest absolute Gasteiger partial charge is 0.198 e. The molecule has 0 spiro atoms. The Morgan fingerprint density at radius 2 is 1.13 bits per heavy atom. The van der Waals surface area contributed by atoms with Crippen molar-refractivity contribution in [3.05, 3.63) is 0 Å².